The van der Waals surface area contributed by atoms with Gasteiger partial charge >= 0.3 is 6.18 Å². The summed E-state index contributed by atoms with van der Waals surface area (Å²) in [5, 5.41) is 0. The SMILES string of the molecule is O=P([O-])(CC(F)(F)F)OCc1ccccc1F. The number of hydrogen-bond donors (Lipinski definition) is 0. The predicted molar refractivity (Wildman–Crippen MR) is 49.7 cm³/mol. The molecule has 0 radical (unpaired) electrons. The van der Waals surface area contributed by atoms with E-state index in [1.807, 2.05) is 0 Å². The molecule has 8 heteroatoms. The summed E-state index contributed by atoms with van der Waals surface area (Å²) in [5.74, 6) is -0.737. The van der Waals surface area contributed by atoms with Crippen LogP contribution in [-0.2, 0) is 15.7 Å². The largest absolute Gasteiger partial charge is 0.778 e. The standard InChI is InChI=1S/C9H9F4O3P/c10-8-4-2-1-3-7(8)5-16-17(14,15)6-9(11,12)13/h1-4H,5-6H2,(H,14,15)/p-1. The lowest BCUT2D eigenvalue weighted by atomic mass is 10.2. The molecule has 0 spiro atoms. The number of alkyl halides is 3. The van der Waals surface area contributed by atoms with Crippen LogP contribution in [0.25, 0.3) is 0 Å². The van der Waals surface area contributed by atoms with E-state index in [0.29, 0.717) is 0 Å². The van der Waals surface area contributed by atoms with Gasteiger partial charge in [0.1, 0.15) is 19.6 Å². The van der Waals surface area contributed by atoms with Gasteiger partial charge in [0, 0.05) is 5.56 Å². The van der Waals surface area contributed by atoms with Crippen molar-refractivity contribution in [3.8, 4) is 0 Å². The number of benzene rings is 1. The molecule has 0 saturated carbocycles. The molecule has 0 aromatic heterocycles. The molecule has 3 nitrogen and oxygen atoms in total. The summed E-state index contributed by atoms with van der Waals surface area (Å²) in [6.07, 6.45) is -6.93. The maximum Gasteiger partial charge on any atom is 0.396 e. The Kier molecular flexibility index (Phi) is 4.30. The van der Waals surface area contributed by atoms with Crippen molar-refractivity contribution in [1.29, 1.82) is 0 Å². The van der Waals surface area contributed by atoms with Gasteiger partial charge < -0.3 is 14.0 Å². The van der Waals surface area contributed by atoms with Crippen LogP contribution in [-0.4, -0.2) is 12.3 Å². The summed E-state index contributed by atoms with van der Waals surface area (Å²) < 4.78 is 63.5. The van der Waals surface area contributed by atoms with Crippen LogP contribution in [0.15, 0.2) is 24.3 Å². The van der Waals surface area contributed by atoms with E-state index in [9.17, 15) is 27.0 Å². The maximum absolute atomic E-state index is 13.0. The average molecular weight is 271 g/mol. The fourth-order valence-electron chi connectivity index (χ4n) is 1.05. The monoisotopic (exact) mass is 271 g/mol. The molecule has 17 heavy (non-hydrogen) atoms. The normalized spacial score (nSPS) is 15.6. The molecule has 96 valence electrons. The molecule has 0 fully saturated rings. The number of halogens is 4. The Labute approximate surface area is 94.6 Å². The molecule has 1 aromatic carbocycles. The van der Waals surface area contributed by atoms with Gasteiger partial charge in [0.15, 0.2) is 0 Å². The van der Waals surface area contributed by atoms with E-state index in [1.54, 1.807) is 0 Å². The highest BCUT2D eigenvalue weighted by atomic mass is 31.2. The molecular weight excluding hydrogens is 263 g/mol. The minimum atomic E-state index is -5.04. The van der Waals surface area contributed by atoms with Crippen LogP contribution in [0.3, 0.4) is 0 Å². The third-order valence-electron chi connectivity index (χ3n) is 1.75. The second-order valence-corrected chi connectivity index (χ2v) is 5.05. The highest BCUT2D eigenvalue weighted by Crippen LogP contribution is 2.43. The summed E-state index contributed by atoms with van der Waals surface area (Å²) in [7, 11) is -5.04. The summed E-state index contributed by atoms with van der Waals surface area (Å²) in [5.41, 5.74) is -0.120. The first-order valence-electron chi connectivity index (χ1n) is 4.44. The van der Waals surface area contributed by atoms with E-state index in [4.69, 9.17) is 0 Å². The van der Waals surface area contributed by atoms with Gasteiger partial charge in [-0.2, -0.15) is 13.2 Å². The first-order chi connectivity index (χ1) is 7.70. The van der Waals surface area contributed by atoms with Crippen molar-refractivity contribution in [3.63, 3.8) is 0 Å². The van der Waals surface area contributed by atoms with Gasteiger partial charge in [0.25, 0.3) is 0 Å². The van der Waals surface area contributed by atoms with Crippen LogP contribution in [0.1, 0.15) is 5.56 Å². The fraction of sp³-hybridized carbons (Fsp3) is 0.333. The number of hydrogen-bond acceptors (Lipinski definition) is 3. The molecule has 0 aliphatic heterocycles. The van der Waals surface area contributed by atoms with Crippen LogP contribution in [0.4, 0.5) is 17.6 Å². The molecule has 0 N–H and O–H groups in total. The quantitative estimate of drug-likeness (QED) is 0.624. The summed E-state index contributed by atoms with van der Waals surface area (Å²) in [6, 6.07) is 5.06. The molecule has 0 aliphatic carbocycles. The van der Waals surface area contributed by atoms with Crippen LogP contribution >= 0.6 is 7.60 Å². The molecule has 1 rings (SSSR count). The van der Waals surface area contributed by atoms with E-state index in [-0.39, 0.29) is 5.56 Å². The highest BCUT2D eigenvalue weighted by molar-refractivity contribution is 7.51. The topological polar surface area (TPSA) is 49.4 Å². The van der Waals surface area contributed by atoms with E-state index in [0.717, 1.165) is 6.07 Å². The first-order valence-corrected chi connectivity index (χ1v) is 6.17. The van der Waals surface area contributed by atoms with Crippen molar-refractivity contribution in [2.45, 2.75) is 12.8 Å². The Hall–Kier alpha value is -0.910. The Morgan fingerprint density at radius 3 is 2.41 bits per heavy atom. The van der Waals surface area contributed by atoms with Crippen LogP contribution < -0.4 is 4.89 Å². The van der Waals surface area contributed by atoms with E-state index < -0.39 is 32.4 Å². The van der Waals surface area contributed by atoms with Crippen molar-refractivity contribution in [3.05, 3.63) is 35.6 Å². The van der Waals surface area contributed by atoms with Crippen LogP contribution in [0, 0.1) is 5.82 Å². The summed E-state index contributed by atoms with van der Waals surface area (Å²) in [6.45, 7) is -0.746. The van der Waals surface area contributed by atoms with Crippen molar-refractivity contribution in [2.24, 2.45) is 0 Å². The van der Waals surface area contributed by atoms with Gasteiger partial charge in [-0.25, -0.2) is 4.39 Å². The van der Waals surface area contributed by atoms with Crippen molar-refractivity contribution >= 4 is 7.60 Å². The number of rotatable bonds is 4. The summed E-state index contributed by atoms with van der Waals surface area (Å²) in [4.78, 5) is 10.9. The van der Waals surface area contributed by atoms with Crippen molar-refractivity contribution in [1.82, 2.24) is 0 Å². The molecule has 0 aliphatic rings. The van der Waals surface area contributed by atoms with E-state index in [2.05, 4.69) is 4.52 Å². The van der Waals surface area contributed by atoms with Crippen LogP contribution in [0.5, 0.6) is 0 Å². The fourth-order valence-corrected chi connectivity index (χ4v) is 1.91. The molecule has 0 saturated heterocycles. The Balaban J connectivity index is 2.62. The Morgan fingerprint density at radius 2 is 1.88 bits per heavy atom. The average Bonchev–Trinajstić information content (AvgIpc) is 2.13. The van der Waals surface area contributed by atoms with Gasteiger partial charge in [0.2, 0.25) is 0 Å². The van der Waals surface area contributed by atoms with Gasteiger partial charge in [0.05, 0.1) is 6.61 Å². The first kappa shape index (κ1) is 14.2. The zero-order chi connectivity index (χ0) is 13.1. The van der Waals surface area contributed by atoms with Crippen molar-refractivity contribution < 1.29 is 31.5 Å². The molecule has 1 aromatic rings. The second-order valence-electron chi connectivity index (χ2n) is 3.25. The third-order valence-corrected chi connectivity index (χ3v) is 3.02. The Morgan fingerprint density at radius 1 is 1.29 bits per heavy atom. The molecular formula is C9H8F4O3P-. The predicted octanol–water partition coefficient (Wildman–Crippen LogP) is 2.46. The lowest BCUT2D eigenvalue weighted by Crippen LogP contribution is -2.21. The zero-order valence-electron chi connectivity index (χ0n) is 8.41. The minimum Gasteiger partial charge on any atom is -0.778 e. The van der Waals surface area contributed by atoms with Gasteiger partial charge in [-0.3, -0.25) is 0 Å². The maximum atomic E-state index is 13.0. The molecule has 0 heterocycles. The molecule has 0 bridgehead atoms. The molecule has 1 unspecified atom stereocenters. The summed E-state index contributed by atoms with van der Waals surface area (Å²) >= 11 is 0. The van der Waals surface area contributed by atoms with Gasteiger partial charge in [-0.1, -0.05) is 18.2 Å². The van der Waals surface area contributed by atoms with Gasteiger partial charge in [-0.05, 0) is 6.07 Å². The van der Waals surface area contributed by atoms with Crippen molar-refractivity contribution in [2.75, 3.05) is 6.16 Å². The second kappa shape index (κ2) is 5.16. The van der Waals surface area contributed by atoms with Crippen LogP contribution in [0.2, 0.25) is 0 Å². The van der Waals surface area contributed by atoms with E-state index >= 15 is 0 Å². The zero-order valence-corrected chi connectivity index (χ0v) is 9.30. The third kappa shape index (κ3) is 5.30. The lowest BCUT2D eigenvalue weighted by Gasteiger charge is -2.24. The molecule has 1 atom stereocenters. The highest BCUT2D eigenvalue weighted by Gasteiger charge is 2.33. The van der Waals surface area contributed by atoms with E-state index in [1.165, 1.54) is 18.2 Å². The van der Waals surface area contributed by atoms with Gasteiger partial charge in [-0.15, -0.1) is 0 Å². The lowest BCUT2D eigenvalue weighted by molar-refractivity contribution is -0.209. The smallest absolute Gasteiger partial charge is 0.396 e. The minimum absolute atomic E-state index is 0.120. The Bertz CT molecular complexity index is 432. The molecule has 0 amide bonds.